The molecule has 0 saturated carbocycles. The highest BCUT2D eigenvalue weighted by molar-refractivity contribution is 5.56. The normalized spacial score (nSPS) is 20.6. The van der Waals surface area contributed by atoms with Gasteiger partial charge in [-0.15, -0.1) is 0 Å². The van der Waals surface area contributed by atoms with Gasteiger partial charge >= 0.3 is 0 Å². The Labute approximate surface area is 111 Å². The van der Waals surface area contributed by atoms with Crippen LogP contribution in [-0.4, -0.2) is 25.2 Å². The van der Waals surface area contributed by atoms with E-state index in [2.05, 4.69) is 55.3 Å². The molecular weight excluding hydrogens is 220 g/mol. The van der Waals surface area contributed by atoms with Crippen molar-refractivity contribution in [1.29, 1.82) is 0 Å². The Bertz CT molecular complexity index is 375. The molecule has 1 aliphatic rings. The van der Waals surface area contributed by atoms with E-state index >= 15 is 0 Å². The third kappa shape index (κ3) is 3.05. The van der Waals surface area contributed by atoms with Gasteiger partial charge in [-0.3, -0.25) is 0 Å². The second-order valence-corrected chi connectivity index (χ2v) is 5.46. The molecule has 100 valence electrons. The lowest BCUT2D eigenvalue weighted by Crippen LogP contribution is -2.40. The molecule has 18 heavy (non-hydrogen) atoms. The number of rotatable bonds is 5. The summed E-state index contributed by atoms with van der Waals surface area (Å²) in [5.41, 5.74) is 2.98. The Morgan fingerprint density at radius 2 is 2.17 bits per heavy atom. The summed E-state index contributed by atoms with van der Waals surface area (Å²) < 4.78 is 0. The smallest absolute Gasteiger partial charge is 0.0401 e. The van der Waals surface area contributed by atoms with E-state index in [0.29, 0.717) is 12.1 Å². The summed E-state index contributed by atoms with van der Waals surface area (Å²) in [6.45, 7) is 9.03. The Morgan fingerprint density at radius 1 is 1.39 bits per heavy atom. The number of hydrogen-bond donors (Lipinski definition) is 1. The molecule has 2 rings (SSSR count). The van der Waals surface area contributed by atoms with Gasteiger partial charge in [0.15, 0.2) is 0 Å². The van der Waals surface area contributed by atoms with Crippen LogP contribution in [0.2, 0.25) is 0 Å². The molecule has 1 heterocycles. The fourth-order valence-corrected chi connectivity index (χ4v) is 2.88. The van der Waals surface area contributed by atoms with E-state index in [0.717, 1.165) is 13.1 Å². The van der Waals surface area contributed by atoms with E-state index in [-0.39, 0.29) is 0 Å². The summed E-state index contributed by atoms with van der Waals surface area (Å²) in [5.74, 6) is 0. The maximum absolute atomic E-state index is 3.50. The third-order valence-corrected chi connectivity index (χ3v) is 4.02. The van der Waals surface area contributed by atoms with Crippen molar-refractivity contribution >= 4 is 5.69 Å². The minimum atomic E-state index is 0.608. The van der Waals surface area contributed by atoms with E-state index < -0.39 is 0 Å². The van der Waals surface area contributed by atoms with Crippen LogP contribution in [-0.2, 0) is 6.42 Å². The monoisotopic (exact) mass is 246 g/mol. The summed E-state index contributed by atoms with van der Waals surface area (Å²) >= 11 is 0. The molecule has 0 aliphatic carbocycles. The number of fused-ring (bicyclic) bond motifs is 1. The highest BCUT2D eigenvalue weighted by atomic mass is 15.2. The first-order valence-corrected chi connectivity index (χ1v) is 7.30. The van der Waals surface area contributed by atoms with Crippen molar-refractivity contribution in [2.45, 2.75) is 52.1 Å². The van der Waals surface area contributed by atoms with Crippen LogP contribution in [0.1, 0.15) is 39.2 Å². The molecule has 1 aromatic carbocycles. The first-order chi connectivity index (χ1) is 8.72. The molecule has 0 spiro atoms. The van der Waals surface area contributed by atoms with Gasteiger partial charge in [0, 0.05) is 24.3 Å². The Morgan fingerprint density at radius 3 is 2.94 bits per heavy atom. The molecule has 0 bridgehead atoms. The van der Waals surface area contributed by atoms with Crippen LogP contribution < -0.4 is 10.2 Å². The first-order valence-electron chi connectivity index (χ1n) is 7.30. The standard InChI is InChI=1S/C16H26N2/c1-4-17-13(2)11-12-18-14(3)9-10-15-7-5-6-8-16(15)18/h5-8,13-14,17H,4,9-12H2,1-3H3. The molecule has 0 aromatic heterocycles. The number of benzene rings is 1. The van der Waals surface area contributed by atoms with E-state index in [4.69, 9.17) is 0 Å². The van der Waals surface area contributed by atoms with E-state index in [9.17, 15) is 0 Å². The van der Waals surface area contributed by atoms with Gasteiger partial charge in [-0.25, -0.2) is 0 Å². The van der Waals surface area contributed by atoms with Gasteiger partial charge in [-0.05, 0) is 51.3 Å². The Kier molecular flexibility index (Phi) is 4.65. The number of nitrogens with one attached hydrogen (secondary N) is 1. The molecule has 2 unspecified atom stereocenters. The van der Waals surface area contributed by atoms with Crippen molar-refractivity contribution in [1.82, 2.24) is 5.32 Å². The lowest BCUT2D eigenvalue weighted by Gasteiger charge is -2.37. The van der Waals surface area contributed by atoms with Crippen molar-refractivity contribution in [2.75, 3.05) is 18.0 Å². The Balaban J connectivity index is 2.03. The van der Waals surface area contributed by atoms with Gasteiger partial charge in [0.25, 0.3) is 0 Å². The predicted octanol–water partition coefficient (Wildman–Crippen LogP) is 3.22. The minimum absolute atomic E-state index is 0.608. The van der Waals surface area contributed by atoms with Gasteiger partial charge in [0.2, 0.25) is 0 Å². The van der Waals surface area contributed by atoms with Gasteiger partial charge in [-0.2, -0.15) is 0 Å². The van der Waals surface area contributed by atoms with Crippen LogP contribution in [0.5, 0.6) is 0 Å². The van der Waals surface area contributed by atoms with Crippen LogP contribution in [0.15, 0.2) is 24.3 Å². The van der Waals surface area contributed by atoms with Crippen molar-refractivity contribution in [2.24, 2.45) is 0 Å². The second-order valence-electron chi connectivity index (χ2n) is 5.46. The van der Waals surface area contributed by atoms with Crippen molar-refractivity contribution < 1.29 is 0 Å². The third-order valence-electron chi connectivity index (χ3n) is 4.02. The summed E-state index contributed by atoms with van der Waals surface area (Å²) in [6, 6.07) is 10.2. The average molecular weight is 246 g/mol. The first kappa shape index (κ1) is 13.4. The zero-order valence-corrected chi connectivity index (χ0v) is 11.9. The molecular formula is C16H26N2. The maximum atomic E-state index is 3.50. The molecule has 0 saturated heterocycles. The molecule has 2 heteroatoms. The Hall–Kier alpha value is -1.02. The maximum Gasteiger partial charge on any atom is 0.0401 e. The summed E-state index contributed by atoms with van der Waals surface area (Å²) in [4.78, 5) is 2.59. The number of para-hydroxylation sites is 1. The van der Waals surface area contributed by atoms with Crippen LogP contribution in [0.25, 0.3) is 0 Å². The topological polar surface area (TPSA) is 15.3 Å². The largest absolute Gasteiger partial charge is 0.369 e. The second kappa shape index (κ2) is 6.24. The average Bonchev–Trinajstić information content (AvgIpc) is 2.38. The quantitative estimate of drug-likeness (QED) is 0.858. The molecule has 1 aliphatic heterocycles. The van der Waals surface area contributed by atoms with Crippen molar-refractivity contribution in [3.05, 3.63) is 29.8 Å². The minimum Gasteiger partial charge on any atom is -0.369 e. The molecule has 0 amide bonds. The summed E-state index contributed by atoms with van der Waals surface area (Å²) in [7, 11) is 0. The van der Waals surface area contributed by atoms with Crippen LogP contribution in [0.3, 0.4) is 0 Å². The highest BCUT2D eigenvalue weighted by Gasteiger charge is 2.22. The van der Waals surface area contributed by atoms with Crippen molar-refractivity contribution in [3.8, 4) is 0 Å². The van der Waals surface area contributed by atoms with E-state index in [1.807, 2.05) is 0 Å². The van der Waals surface area contributed by atoms with E-state index in [1.165, 1.54) is 30.5 Å². The number of hydrogen-bond acceptors (Lipinski definition) is 2. The summed E-state index contributed by atoms with van der Waals surface area (Å²) in [5, 5.41) is 3.50. The molecule has 0 radical (unpaired) electrons. The number of aryl methyl sites for hydroxylation is 1. The van der Waals surface area contributed by atoms with Gasteiger partial charge in [0.05, 0.1) is 0 Å². The van der Waals surface area contributed by atoms with Crippen molar-refractivity contribution in [3.63, 3.8) is 0 Å². The van der Waals surface area contributed by atoms with Gasteiger partial charge in [0.1, 0.15) is 0 Å². The fourth-order valence-electron chi connectivity index (χ4n) is 2.88. The zero-order chi connectivity index (χ0) is 13.0. The molecule has 1 aromatic rings. The highest BCUT2D eigenvalue weighted by Crippen LogP contribution is 2.30. The van der Waals surface area contributed by atoms with Crippen LogP contribution in [0.4, 0.5) is 5.69 Å². The van der Waals surface area contributed by atoms with Gasteiger partial charge < -0.3 is 10.2 Å². The van der Waals surface area contributed by atoms with Gasteiger partial charge in [-0.1, -0.05) is 25.1 Å². The lowest BCUT2D eigenvalue weighted by atomic mass is 9.96. The SMILES string of the molecule is CCNC(C)CCN1c2ccccc2CCC1C. The molecule has 2 nitrogen and oxygen atoms in total. The molecule has 1 N–H and O–H groups in total. The van der Waals surface area contributed by atoms with E-state index in [1.54, 1.807) is 0 Å². The fraction of sp³-hybridized carbons (Fsp3) is 0.625. The van der Waals surface area contributed by atoms with Crippen LogP contribution in [0, 0.1) is 0 Å². The predicted molar refractivity (Wildman–Crippen MR) is 79.3 cm³/mol. The summed E-state index contributed by atoms with van der Waals surface area (Å²) in [6.07, 6.45) is 3.73. The molecule has 2 atom stereocenters. The lowest BCUT2D eigenvalue weighted by molar-refractivity contribution is 0.491. The zero-order valence-electron chi connectivity index (χ0n) is 11.9. The number of anilines is 1. The number of nitrogens with zero attached hydrogens (tertiary/aromatic N) is 1. The molecule has 0 fully saturated rings. The van der Waals surface area contributed by atoms with Crippen LogP contribution >= 0.6 is 0 Å².